The zero-order chi connectivity index (χ0) is 13.4. The molecule has 0 atom stereocenters. The van der Waals surface area contributed by atoms with Gasteiger partial charge in [0.05, 0.1) is 4.47 Å². The zero-order valence-corrected chi connectivity index (χ0v) is 11.7. The third-order valence-electron chi connectivity index (χ3n) is 3.11. The normalized spacial score (nSPS) is 16.0. The lowest BCUT2D eigenvalue weighted by molar-refractivity contribution is 0.0398. The Kier molecular flexibility index (Phi) is 3.68. The van der Waals surface area contributed by atoms with Gasteiger partial charge in [-0.15, -0.1) is 0 Å². The van der Waals surface area contributed by atoms with E-state index in [0.717, 1.165) is 12.1 Å². The molecule has 18 heavy (non-hydrogen) atoms. The van der Waals surface area contributed by atoms with Crippen LogP contribution in [0.15, 0.2) is 16.6 Å². The summed E-state index contributed by atoms with van der Waals surface area (Å²) < 4.78 is 26.4. The first kappa shape index (κ1) is 13.4. The molecule has 1 aromatic rings. The summed E-state index contributed by atoms with van der Waals surface area (Å²) in [6.07, 6.45) is 0. The van der Waals surface area contributed by atoms with Crippen molar-refractivity contribution in [2.24, 2.45) is 0 Å². The molecule has 0 aromatic heterocycles. The Morgan fingerprint density at radius 3 is 2.28 bits per heavy atom. The SMILES string of the molecule is CN(C)C1CN(C(=O)c2cc(F)c(Br)c(F)c2)C1. The quantitative estimate of drug-likeness (QED) is 0.780. The molecule has 0 aliphatic carbocycles. The van der Waals surface area contributed by atoms with Crippen LogP contribution in [0.2, 0.25) is 0 Å². The summed E-state index contributed by atoms with van der Waals surface area (Å²) in [6.45, 7) is 1.18. The summed E-state index contributed by atoms with van der Waals surface area (Å²) >= 11 is 2.78. The number of amides is 1. The molecular formula is C12H13BrF2N2O. The molecule has 1 heterocycles. The lowest BCUT2D eigenvalue weighted by Gasteiger charge is -2.42. The van der Waals surface area contributed by atoms with Gasteiger partial charge >= 0.3 is 0 Å². The van der Waals surface area contributed by atoms with E-state index in [0.29, 0.717) is 19.1 Å². The highest BCUT2D eigenvalue weighted by Gasteiger charge is 2.32. The van der Waals surface area contributed by atoms with Gasteiger partial charge in [0.2, 0.25) is 0 Å². The standard InChI is InChI=1S/C12H13BrF2N2O/c1-16(2)8-5-17(6-8)12(18)7-3-9(14)11(13)10(15)4-7/h3-4,8H,5-6H2,1-2H3. The number of hydrogen-bond acceptors (Lipinski definition) is 2. The Hall–Kier alpha value is -1.01. The monoisotopic (exact) mass is 318 g/mol. The number of rotatable bonds is 2. The maximum Gasteiger partial charge on any atom is 0.254 e. The van der Waals surface area contributed by atoms with E-state index in [1.807, 2.05) is 19.0 Å². The number of benzene rings is 1. The van der Waals surface area contributed by atoms with E-state index in [1.165, 1.54) is 0 Å². The van der Waals surface area contributed by atoms with Gasteiger partial charge in [0, 0.05) is 24.7 Å². The average Bonchev–Trinajstić information content (AvgIpc) is 2.22. The Morgan fingerprint density at radius 2 is 1.83 bits per heavy atom. The summed E-state index contributed by atoms with van der Waals surface area (Å²) in [5, 5.41) is 0. The van der Waals surface area contributed by atoms with Crippen molar-refractivity contribution in [3.05, 3.63) is 33.8 Å². The molecule has 98 valence electrons. The van der Waals surface area contributed by atoms with Crippen molar-refractivity contribution >= 4 is 21.8 Å². The van der Waals surface area contributed by atoms with Crippen LogP contribution in [0.3, 0.4) is 0 Å². The summed E-state index contributed by atoms with van der Waals surface area (Å²) in [5.74, 6) is -1.86. The highest BCUT2D eigenvalue weighted by atomic mass is 79.9. The molecule has 1 aromatic carbocycles. The van der Waals surface area contributed by atoms with E-state index < -0.39 is 11.6 Å². The zero-order valence-electron chi connectivity index (χ0n) is 10.1. The number of carbonyl (C=O) groups is 1. The van der Waals surface area contributed by atoms with E-state index >= 15 is 0 Å². The first-order valence-corrected chi connectivity index (χ1v) is 6.29. The van der Waals surface area contributed by atoms with Crippen LogP contribution in [0.25, 0.3) is 0 Å². The molecule has 0 radical (unpaired) electrons. The van der Waals surface area contributed by atoms with Gasteiger partial charge in [-0.3, -0.25) is 4.79 Å². The van der Waals surface area contributed by atoms with Crippen molar-refractivity contribution in [2.45, 2.75) is 6.04 Å². The second kappa shape index (κ2) is 4.93. The van der Waals surface area contributed by atoms with Crippen molar-refractivity contribution in [2.75, 3.05) is 27.2 Å². The summed E-state index contributed by atoms with van der Waals surface area (Å²) in [4.78, 5) is 15.6. The van der Waals surface area contributed by atoms with Crippen LogP contribution < -0.4 is 0 Å². The van der Waals surface area contributed by atoms with E-state index in [4.69, 9.17) is 0 Å². The Bertz CT molecular complexity index is 464. The average molecular weight is 319 g/mol. The second-order valence-electron chi connectivity index (χ2n) is 4.58. The number of halogens is 3. The molecule has 1 saturated heterocycles. The number of likely N-dealkylation sites (N-methyl/N-ethyl adjacent to an activating group) is 1. The third-order valence-corrected chi connectivity index (χ3v) is 3.87. The smallest absolute Gasteiger partial charge is 0.254 e. The summed E-state index contributed by atoms with van der Waals surface area (Å²) in [7, 11) is 3.87. The van der Waals surface area contributed by atoms with E-state index in [2.05, 4.69) is 15.9 Å². The topological polar surface area (TPSA) is 23.6 Å². The first-order chi connectivity index (χ1) is 8.40. The molecule has 1 aliphatic heterocycles. The Morgan fingerprint density at radius 1 is 1.33 bits per heavy atom. The molecule has 0 bridgehead atoms. The van der Waals surface area contributed by atoms with Crippen LogP contribution >= 0.6 is 15.9 Å². The highest BCUT2D eigenvalue weighted by Crippen LogP contribution is 2.23. The van der Waals surface area contributed by atoms with Gasteiger partial charge in [-0.1, -0.05) is 0 Å². The molecule has 3 nitrogen and oxygen atoms in total. The molecule has 1 amide bonds. The molecule has 0 N–H and O–H groups in total. The van der Waals surface area contributed by atoms with Crippen LogP contribution in [0, 0.1) is 11.6 Å². The van der Waals surface area contributed by atoms with E-state index in [-0.39, 0.29) is 15.9 Å². The molecule has 0 saturated carbocycles. The fourth-order valence-electron chi connectivity index (χ4n) is 1.81. The van der Waals surface area contributed by atoms with Crippen molar-refractivity contribution in [1.82, 2.24) is 9.80 Å². The van der Waals surface area contributed by atoms with Crippen LogP contribution in [-0.2, 0) is 0 Å². The minimum atomic E-state index is -0.761. The van der Waals surface area contributed by atoms with Gasteiger partial charge in [-0.25, -0.2) is 8.78 Å². The Balaban J connectivity index is 2.12. The van der Waals surface area contributed by atoms with E-state index in [1.54, 1.807) is 4.90 Å². The van der Waals surface area contributed by atoms with Gasteiger partial charge < -0.3 is 9.80 Å². The van der Waals surface area contributed by atoms with Crippen LogP contribution in [-0.4, -0.2) is 48.9 Å². The summed E-state index contributed by atoms with van der Waals surface area (Å²) in [5.41, 5.74) is 0.0467. The lowest BCUT2D eigenvalue weighted by Crippen LogP contribution is -2.59. The molecule has 0 unspecified atom stereocenters. The Labute approximate surface area is 112 Å². The first-order valence-electron chi connectivity index (χ1n) is 5.50. The molecule has 1 fully saturated rings. The number of likely N-dealkylation sites (tertiary alicyclic amines) is 1. The number of nitrogens with zero attached hydrogens (tertiary/aromatic N) is 2. The molecule has 1 aliphatic rings. The van der Waals surface area contributed by atoms with Crippen LogP contribution in [0.4, 0.5) is 8.78 Å². The third kappa shape index (κ3) is 2.40. The minimum absolute atomic E-state index is 0.0467. The fourth-order valence-corrected chi connectivity index (χ4v) is 2.04. The highest BCUT2D eigenvalue weighted by molar-refractivity contribution is 9.10. The molecule has 2 rings (SSSR count). The lowest BCUT2D eigenvalue weighted by atomic mass is 10.1. The number of carbonyl (C=O) groups excluding carboxylic acids is 1. The fraction of sp³-hybridized carbons (Fsp3) is 0.417. The van der Waals surface area contributed by atoms with E-state index in [9.17, 15) is 13.6 Å². The van der Waals surface area contributed by atoms with Crippen LogP contribution in [0.5, 0.6) is 0 Å². The van der Waals surface area contributed by atoms with Gasteiger partial charge in [0.25, 0.3) is 5.91 Å². The maximum absolute atomic E-state index is 13.3. The van der Waals surface area contributed by atoms with Gasteiger partial charge in [-0.05, 0) is 42.2 Å². The molecular weight excluding hydrogens is 306 g/mol. The van der Waals surface area contributed by atoms with Crippen molar-refractivity contribution in [3.63, 3.8) is 0 Å². The maximum atomic E-state index is 13.3. The van der Waals surface area contributed by atoms with Crippen molar-refractivity contribution in [1.29, 1.82) is 0 Å². The minimum Gasteiger partial charge on any atom is -0.335 e. The van der Waals surface area contributed by atoms with Crippen molar-refractivity contribution < 1.29 is 13.6 Å². The van der Waals surface area contributed by atoms with Gasteiger partial charge in [-0.2, -0.15) is 0 Å². The number of hydrogen-bond donors (Lipinski definition) is 0. The van der Waals surface area contributed by atoms with Gasteiger partial charge in [0.1, 0.15) is 11.6 Å². The predicted molar refractivity (Wildman–Crippen MR) is 67.4 cm³/mol. The second-order valence-corrected chi connectivity index (χ2v) is 5.37. The van der Waals surface area contributed by atoms with Crippen LogP contribution in [0.1, 0.15) is 10.4 Å². The predicted octanol–water partition coefficient (Wildman–Crippen LogP) is 2.11. The molecule has 0 spiro atoms. The van der Waals surface area contributed by atoms with Crippen molar-refractivity contribution in [3.8, 4) is 0 Å². The molecule has 6 heteroatoms. The van der Waals surface area contributed by atoms with Gasteiger partial charge in [0.15, 0.2) is 0 Å². The largest absolute Gasteiger partial charge is 0.335 e. The summed E-state index contributed by atoms with van der Waals surface area (Å²) in [6, 6.07) is 2.43.